The van der Waals surface area contributed by atoms with Gasteiger partial charge in [0.2, 0.25) is 0 Å². The van der Waals surface area contributed by atoms with Crippen LogP contribution in [0.4, 0.5) is 0 Å². The molecule has 0 amide bonds. The molecule has 0 spiro atoms. The minimum absolute atomic E-state index is 0.126. The zero-order valence-corrected chi connectivity index (χ0v) is 9.13. The van der Waals surface area contributed by atoms with Crippen LogP contribution in [0.15, 0.2) is 0 Å². The third-order valence-electron chi connectivity index (χ3n) is 3.03. The molecule has 3 nitrogen and oxygen atoms in total. The molecule has 14 heavy (non-hydrogen) atoms. The number of carbonyl (C=O) groups excluding carboxylic acids is 2. The largest absolute Gasteiger partial charge is 0.469 e. The van der Waals surface area contributed by atoms with Crippen molar-refractivity contribution in [2.45, 2.75) is 39.5 Å². The molecule has 80 valence electrons. The van der Waals surface area contributed by atoms with Crippen molar-refractivity contribution in [2.75, 3.05) is 7.11 Å². The Morgan fingerprint density at radius 1 is 1.50 bits per heavy atom. The molecule has 0 heterocycles. The zero-order chi connectivity index (χ0) is 10.8. The van der Waals surface area contributed by atoms with Crippen molar-refractivity contribution < 1.29 is 14.3 Å². The predicted octanol–water partition coefficient (Wildman–Crippen LogP) is 1.94. The van der Waals surface area contributed by atoms with Crippen LogP contribution in [0.5, 0.6) is 0 Å². The molecule has 1 aliphatic rings. The van der Waals surface area contributed by atoms with E-state index in [2.05, 4.69) is 0 Å². The number of ketones is 1. The number of Topliss-reactive ketones (excluding diaryl/α,β-unsaturated/α-hetero) is 1. The lowest BCUT2D eigenvalue weighted by Crippen LogP contribution is -2.32. The SMILES string of the molecule is COC(=O)[C@@H]1CCCC(=O)CC1(C)C. The average Bonchev–Trinajstić information content (AvgIpc) is 2.21. The van der Waals surface area contributed by atoms with Gasteiger partial charge in [0.05, 0.1) is 13.0 Å². The highest BCUT2D eigenvalue weighted by Gasteiger charge is 2.39. The number of carbonyl (C=O) groups is 2. The first-order valence-electron chi connectivity index (χ1n) is 5.07. The van der Waals surface area contributed by atoms with Gasteiger partial charge in [0, 0.05) is 12.8 Å². The summed E-state index contributed by atoms with van der Waals surface area (Å²) in [7, 11) is 1.41. The normalized spacial score (nSPS) is 26.8. The summed E-state index contributed by atoms with van der Waals surface area (Å²) in [6, 6.07) is 0. The Labute approximate surface area is 84.8 Å². The van der Waals surface area contributed by atoms with E-state index in [-0.39, 0.29) is 23.1 Å². The molecule has 0 bridgehead atoms. The summed E-state index contributed by atoms with van der Waals surface area (Å²) in [5.41, 5.74) is -0.249. The van der Waals surface area contributed by atoms with Gasteiger partial charge in [0.25, 0.3) is 0 Å². The zero-order valence-electron chi connectivity index (χ0n) is 9.13. The molecule has 1 atom stereocenters. The molecule has 1 aliphatic carbocycles. The van der Waals surface area contributed by atoms with Crippen molar-refractivity contribution >= 4 is 11.8 Å². The van der Waals surface area contributed by atoms with E-state index in [0.717, 1.165) is 12.8 Å². The van der Waals surface area contributed by atoms with Crippen molar-refractivity contribution in [2.24, 2.45) is 11.3 Å². The molecule has 0 aromatic carbocycles. The van der Waals surface area contributed by atoms with E-state index in [1.54, 1.807) is 0 Å². The number of ether oxygens (including phenoxy) is 1. The van der Waals surface area contributed by atoms with Crippen LogP contribution in [0.3, 0.4) is 0 Å². The lowest BCUT2D eigenvalue weighted by molar-refractivity contribution is -0.150. The molecule has 0 saturated heterocycles. The maximum atomic E-state index is 11.5. The van der Waals surface area contributed by atoms with Gasteiger partial charge in [-0.05, 0) is 18.3 Å². The van der Waals surface area contributed by atoms with Gasteiger partial charge in [0.15, 0.2) is 0 Å². The molecular weight excluding hydrogens is 180 g/mol. The minimum Gasteiger partial charge on any atom is -0.469 e. The summed E-state index contributed by atoms with van der Waals surface area (Å²) < 4.78 is 4.77. The minimum atomic E-state index is -0.249. The van der Waals surface area contributed by atoms with Crippen LogP contribution in [0.1, 0.15) is 39.5 Å². The van der Waals surface area contributed by atoms with Crippen molar-refractivity contribution in [3.63, 3.8) is 0 Å². The van der Waals surface area contributed by atoms with Gasteiger partial charge in [-0.15, -0.1) is 0 Å². The summed E-state index contributed by atoms with van der Waals surface area (Å²) in [5.74, 6) is -0.0370. The van der Waals surface area contributed by atoms with Crippen LogP contribution in [0, 0.1) is 11.3 Å². The molecule has 0 aromatic rings. The second-order valence-electron chi connectivity index (χ2n) is 4.67. The summed E-state index contributed by atoms with van der Waals surface area (Å²) in [6.07, 6.45) is 2.68. The third-order valence-corrected chi connectivity index (χ3v) is 3.03. The van der Waals surface area contributed by atoms with Crippen molar-refractivity contribution in [3.05, 3.63) is 0 Å². The summed E-state index contributed by atoms with van der Waals surface area (Å²) in [4.78, 5) is 22.9. The van der Waals surface area contributed by atoms with E-state index in [4.69, 9.17) is 4.74 Å². The van der Waals surface area contributed by atoms with Crippen molar-refractivity contribution in [1.82, 2.24) is 0 Å². The Hall–Kier alpha value is -0.860. The van der Waals surface area contributed by atoms with E-state index in [9.17, 15) is 9.59 Å². The summed E-state index contributed by atoms with van der Waals surface area (Å²) in [5, 5.41) is 0. The Kier molecular flexibility index (Phi) is 3.29. The van der Waals surface area contributed by atoms with E-state index in [1.807, 2.05) is 13.8 Å². The maximum Gasteiger partial charge on any atom is 0.309 e. The lowest BCUT2D eigenvalue weighted by atomic mass is 9.75. The lowest BCUT2D eigenvalue weighted by Gasteiger charge is -2.29. The number of hydrogen-bond acceptors (Lipinski definition) is 3. The molecular formula is C11H18O3. The van der Waals surface area contributed by atoms with Gasteiger partial charge in [-0.2, -0.15) is 0 Å². The van der Waals surface area contributed by atoms with Crippen molar-refractivity contribution in [1.29, 1.82) is 0 Å². The van der Waals surface area contributed by atoms with E-state index in [0.29, 0.717) is 12.8 Å². The molecule has 0 aromatic heterocycles. The fraction of sp³-hybridized carbons (Fsp3) is 0.818. The van der Waals surface area contributed by atoms with Gasteiger partial charge in [0.1, 0.15) is 5.78 Å². The van der Waals surface area contributed by atoms with Gasteiger partial charge in [-0.1, -0.05) is 13.8 Å². The fourth-order valence-electron chi connectivity index (χ4n) is 2.19. The molecule has 0 aliphatic heterocycles. The fourth-order valence-corrected chi connectivity index (χ4v) is 2.19. The van der Waals surface area contributed by atoms with Crippen LogP contribution in [0.25, 0.3) is 0 Å². The standard InChI is InChI=1S/C11H18O3/c1-11(2)7-8(12)5-4-6-9(11)10(13)14-3/h9H,4-7H2,1-3H3/t9-/m0/s1. The second-order valence-corrected chi connectivity index (χ2v) is 4.67. The quantitative estimate of drug-likeness (QED) is 0.477. The molecule has 1 rings (SSSR count). The van der Waals surface area contributed by atoms with E-state index < -0.39 is 0 Å². The Morgan fingerprint density at radius 2 is 2.14 bits per heavy atom. The number of hydrogen-bond donors (Lipinski definition) is 0. The number of methoxy groups -OCH3 is 1. The Balaban J connectivity index is 2.82. The summed E-state index contributed by atoms with van der Waals surface area (Å²) >= 11 is 0. The Bertz CT molecular complexity index is 243. The topological polar surface area (TPSA) is 43.4 Å². The van der Waals surface area contributed by atoms with Crippen LogP contribution in [-0.4, -0.2) is 18.9 Å². The average molecular weight is 198 g/mol. The maximum absolute atomic E-state index is 11.5. The number of esters is 1. The first-order chi connectivity index (χ1) is 6.47. The number of rotatable bonds is 1. The smallest absolute Gasteiger partial charge is 0.309 e. The van der Waals surface area contributed by atoms with Gasteiger partial charge in [-0.3, -0.25) is 9.59 Å². The van der Waals surface area contributed by atoms with Crippen LogP contribution in [-0.2, 0) is 14.3 Å². The Morgan fingerprint density at radius 3 is 2.71 bits per heavy atom. The summed E-state index contributed by atoms with van der Waals surface area (Å²) in [6.45, 7) is 3.94. The van der Waals surface area contributed by atoms with Crippen molar-refractivity contribution in [3.8, 4) is 0 Å². The monoisotopic (exact) mass is 198 g/mol. The highest BCUT2D eigenvalue weighted by molar-refractivity contribution is 5.81. The van der Waals surface area contributed by atoms with Crippen LogP contribution >= 0.6 is 0 Å². The molecule has 1 saturated carbocycles. The molecule has 0 N–H and O–H groups in total. The van der Waals surface area contributed by atoms with Crippen LogP contribution in [0.2, 0.25) is 0 Å². The van der Waals surface area contributed by atoms with Gasteiger partial charge >= 0.3 is 5.97 Å². The predicted molar refractivity (Wildman–Crippen MR) is 52.8 cm³/mol. The molecule has 3 heteroatoms. The first-order valence-corrected chi connectivity index (χ1v) is 5.07. The molecule has 0 unspecified atom stereocenters. The first kappa shape index (κ1) is 11.2. The third kappa shape index (κ3) is 2.34. The highest BCUT2D eigenvalue weighted by atomic mass is 16.5. The molecule has 1 fully saturated rings. The van der Waals surface area contributed by atoms with Gasteiger partial charge in [-0.25, -0.2) is 0 Å². The van der Waals surface area contributed by atoms with Gasteiger partial charge < -0.3 is 4.74 Å². The second kappa shape index (κ2) is 4.11. The van der Waals surface area contributed by atoms with Crippen LogP contribution < -0.4 is 0 Å². The van der Waals surface area contributed by atoms with E-state index >= 15 is 0 Å². The molecule has 0 radical (unpaired) electrons. The highest BCUT2D eigenvalue weighted by Crippen LogP contribution is 2.38. The van der Waals surface area contributed by atoms with E-state index in [1.165, 1.54) is 7.11 Å².